The Morgan fingerprint density at radius 2 is 1.89 bits per heavy atom. The molecule has 0 bridgehead atoms. The van der Waals surface area contributed by atoms with Crippen molar-refractivity contribution in [1.82, 2.24) is 19.8 Å². The first-order chi connectivity index (χ1) is 13.0. The van der Waals surface area contributed by atoms with Gasteiger partial charge in [-0.1, -0.05) is 18.2 Å². The van der Waals surface area contributed by atoms with Gasteiger partial charge in [-0.25, -0.2) is 13.4 Å². The van der Waals surface area contributed by atoms with E-state index < -0.39 is 10.0 Å². The Morgan fingerprint density at radius 3 is 2.56 bits per heavy atom. The second-order valence-electron chi connectivity index (χ2n) is 6.43. The van der Waals surface area contributed by atoms with Crippen molar-refractivity contribution >= 4 is 16.0 Å². The predicted molar refractivity (Wildman–Crippen MR) is 107 cm³/mol. The number of nitrogens with one attached hydrogen (secondary N) is 2. The fourth-order valence-electron chi connectivity index (χ4n) is 2.83. The van der Waals surface area contributed by atoms with E-state index in [0.717, 1.165) is 19.6 Å². The highest BCUT2D eigenvalue weighted by molar-refractivity contribution is 7.89. The number of aliphatic imine (C=N–C) groups is 1. The molecule has 152 valence electrons. The van der Waals surface area contributed by atoms with Crippen molar-refractivity contribution in [2.45, 2.75) is 18.4 Å². The van der Waals surface area contributed by atoms with Crippen molar-refractivity contribution in [2.75, 3.05) is 60.0 Å². The molecule has 1 aliphatic heterocycles. The lowest BCUT2D eigenvalue weighted by Gasteiger charge is -2.32. The highest BCUT2D eigenvalue weighted by Crippen LogP contribution is 2.22. The molecule has 0 amide bonds. The molecular formula is C18H31N5O3S. The number of hydrogen-bond acceptors (Lipinski definition) is 5. The van der Waals surface area contributed by atoms with Crippen molar-refractivity contribution in [2.24, 2.45) is 4.99 Å². The summed E-state index contributed by atoms with van der Waals surface area (Å²) >= 11 is 0. The molecule has 0 saturated carbocycles. The van der Waals surface area contributed by atoms with E-state index in [4.69, 9.17) is 4.74 Å². The third-order valence-corrected chi connectivity index (χ3v) is 6.40. The first-order valence-electron chi connectivity index (χ1n) is 9.26. The smallest absolute Gasteiger partial charge is 0.243 e. The molecule has 1 heterocycles. The summed E-state index contributed by atoms with van der Waals surface area (Å²) < 4.78 is 32.8. The summed E-state index contributed by atoms with van der Waals surface area (Å²) in [6, 6.07) is 7.10. The minimum absolute atomic E-state index is 0.283. The van der Waals surface area contributed by atoms with E-state index in [2.05, 4.69) is 20.5 Å². The lowest BCUT2D eigenvalue weighted by molar-refractivity contribution is 0.203. The Bertz CT molecular complexity index is 715. The summed E-state index contributed by atoms with van der Waals surface area (Å²) in [5.74, 6) is 0.640. The molecule has 0 radical (unpaired) electrons. The third-order valence-electron chi connectivity index (χ3n) is 4.40. The molecule has 1 aromatic carbocycles. The molecule has 0 aromatic heterocycles. The van der Waals surface area contributed by atoms with Gasteiger partial charge in [0, 0.05) is 46.4 Å². The zero-order valence-corrected chi connectivity index (χ0v) is 17.3. The third kappa shape index (κ3) is 6.17. The average molecular weight is 398 g/mol. The molecule has 0 unspecified atom stereocenters. The number of rotatable bonds is 8. The van der Waals surface area contributed by atoms with Crippen molar-refractivity contribution in [1.29, 1.82) is 0 Å². The number of hydrogen-bond donors (Lipinski definition) is 2. The number of likely N-dealkylation sites (N-methyl/N-ethyl adjacent to an activating group) is 1. The van der Waals surface area contributed by atoms with Gasteiger partial charge in [0.05, 0.1) is 18.0 Å². The van der Waals surface area contributed by atoms with Crippen molar-refractivity contribution in [3.8, 4) is 0 Å². The molecule has 0 aliphatic carbocycles. The van der Waals surface area contributed by atoms with Crippen LogP contribution in [0.25, 0.3) is 0 Å². The van der Waals surface area contributed by atoms with E-state index in [1.807, 2.05) is 26.1 Å². The minimum atomic E-state index is -3.52. The van der Waals surface area contributed by atoms with Crippen LogP contribution in [0.2, 0.25) is 0 Å². The zero-order chi connectivity index (χ0) is 19.7. The SMILES string of the molecule is CCNC(=NCc1ccccc1S(=O)(=O)N1CCN(C)CC1)NCCOC. The van der Waals surface area contributed by atoms with E-state index in [-0.39, 0.29) is 6.54 Å². The Labute approximate surface area is 162 Å². The van der Waals surface area contributed by atoms with Crippen LogP contribution in [-0.2, 0) is 21.3 Å². The summed E-state index contributed by atoms with van der Waals surface area (Å²) in [6.07, 6.45) is 0. The lowest BCUT2D eigenvalue weighted by Crippen LogP contribution is -2.47. The summed E-state index contributed by atoms with van der Waals surface area (Å²) in [6.45, 7) is 6.70. The highest BCUT2D eigenvalue weighted by atomic mass is 32.2. The molecule has 1 aliphatic rings. The Hall–Kier alpha value is -1.68. The van der Waals surface area contributed by atoms with Crippen LogP contribution in [0.15, 0.2) is 34.2 Å². The fourth-order valence-corrected chi connectivity index (χ4v) is 4.47. The number of methoxy groups -OCH3 is 1. The zero-order valence-electron chi connectivity index (χ0n) is 16.4. The average Bonchev–Trinajstić information content (AvgIpc) is 2.67. The Kier molecular flexibility index (Phi) is 8.49. The van der Waals surface area contributed by atoms with E-state index in [1.165, 1.54) is 0 Å². The van der Waals surface area contributed by atoms with Gasteiger partial charge in [-0.05, 0) is 25.6 Å². The standard InChI is InChI=1S/C18H31N5O3S/c1-4-19-18(20-9-14-26-3)21-15-16-7-5-6-8-17(16)27(24,25)23-12-10-22(2)11-13-23/h5-8H,4,9-15H2,1-3H3,(H2,19,20,21). The number of nitrogens with zero attached hydrogens (tertiary/aromatic N) is 3. The van der Waals surface area contributed by atoms with Gasteiger partial charge in [0.15, 0.2) is 5.96 Å². The van der Waals surface area contributed by atoms with Crippen LogP contribution in [0.3, 0.4) is 0 Å². The fraction of sp³-hybridized carbons (Fsp3) is 0.611. The van der Waals surface area contributed by atoms with Gasteiger partial charge in [-0.2, -0.15) is 4.31 Å². The normalized spacial score (nSPS) is 17.1. The number of benzene rings is 1. The van der Waals surface area contributed by atoms with Gasteiger partial charge in [-0.15, -0.1) is 0 Å². The van der Waals surface area contributed by atoms with Crippen LogP contribution in [0, 0.1) is 0 Å². The lowest BCUT2D eigenvalue weighted by atomic mass is 10.2. The van der Waals surface area contributed by atoms with E-state index in [9.17, 15) is 8.42 Å². The predicted octanol–water partition coefficient (Wildman–Crippen LogP) is 0.324. The number of piperazine rings is 1. The van der Waals surface area contributed by atoms with Crippen molar-refractivity contribution in [3.05, 3.63) is 29.8 Å². The molecule has 2 N–H and O–H groups in total. The largest absolute Gasteiger partial charge is 0.383 e. The summed E-state index contributed by atoms with van der Waals surface area (Å²) in [7, 11) is 0.129. The molecule has 0 spiro atoms. The van der Waals surface area contributed by atoms with E-state index in [0.29, 0.717) is 42.7 Å². The first-order valence-corrected chi connectivity index (χ1v) is 10.7. The van der Waals surface area contributed by atoms with Gasteiger partial charge >= 0.3 is 0 Å². The maximum Gasteiger partial charge on any atom is 0.243 e. The van der Waals surface area contributed by atoms with E-state index >= 15 is 0 Å². The van der Waals surface area contributed by atoms with Crippen molar-refractivity contribution < 1.29 is 13.2 Å². The molecule has 1 fully saturated rings. The van der Waals surface area contributed by atoms with Crippen LogP contribution < -0.4 is 10.6 Å². The molecule has 8 nitrogen and oxygen atoms in total. The molecule has 1 aromatic rings. The summed E-state index contributed by atoms with van der Waals surface area (Å²) in [4.78, 5) is 7.01. The van der Waals surface area contributed by atoms with Gasteiger partial charge in [0.25, 0.3) is 0 Å². The number of sulfonamides is 1. The summed E-state index contributed by atoms with van der Waals surface area (Å²) in [5.41, 5.74) is 0.695. The topological polar surface area (TPSA) is 86.3 Å². The molecule has 2 rings (SSSR count). The van der Waals surface area contributed by atoms with Crippen LogP contribution >= 0.6 is 0 Å². The maximum absolute atomic E-state index is 13.1. The maximum atomic E-state index is 13.1. The molecule has 9 heteroatoms. The number of guanidine groups is 1. The Morgan fingerprint density at radius 1 is 1.19 bits per heavy atom. The molecule has 0 atom stereocenters. The van der Waals surface area contributed by atoms with Crippen LogP contribution in [0.1, 0.15) is 12.5 Å². The van der Waals surface area contributed by atoms with Gasteiger partial charge in [0.1, 0.15) is 0 Å². The minimum Gasteiger partial charge on any atom is -0.383 e. The summed E-state index contributed by atoms with van der Waals surface area (Å²) in [5, 5.41) is 6.32. The number of ether oxygens (including phenoxy) is 1. The monoisotopic (exact) mass is 397 g/mol. The molecule has 1 saturated heterocycles. The molecular weight excluding hydrogens is 366 g/mol. The van der Waals surface area contributed by atoms with E-state index in [1.54, 1.807) is 23.5 Å². The first kappa shape index (κ1) is 21.6. The van der Waals surface area contributed by atoms with Crippen LogP contribution in [-0.4, -0.2) is 83.6 Å². The second-order valence-corrected chi connectivity index (χ2v) is 8.34. The van der Waals surface area contributed by atoms with Gasteiger partial charge in [-0.3, -0.25) is 0 Å². The quantitative estimate of drug-likeness (QED) is 0.373. The Balaban J connectivity index is 2.17. The van der Waals surface area contributed by atoms with Gasteiger partial charge < -0.3 is 20.3 Å². The van der Waals surface area contributed by atoms with Gasteiger partial charge in [0.2, 0.25) is 10.0 Å². The van der Waals surface area contributed by atoms with Crippen LogP contribution in [0.4, 0.5) is 0 Å². The second kappa shape index (κ2) is 10.6. The molecule has 27 heavy (non-hydrogen) atoms. The highest BCUT2D eigenvalue weighted by Gasteiger charge is 2.29. The van der Waals surface area contributed by atoms with Crippen LogP contribution in [0.5, 0.6) is 0 Å². The van der Waals surface area contributed by atoms with Crippen molar-refractivity contribution in [3.63, 3.8) is 0 Å².